The number of rotatable bonds is 11. The highest BCUT2D eigenvalue weighted by Crippen LogP contribution is 2.45. The quantitative estimate of drug-likeness (QED) is 0.0895. The number of hydrogen-bond donors (Lipinski definition) is 9. The third-order valence-electron chi connectivity index (χ3n) is 5.35. The molecule has 14 nitrogen and oxygen atoms in total. The van der Waals surface area contributed by atoms with Gasteiger partial charge < -0.3 is 54.8 Å². The van der Waals surface area contributed by atoms with Crippen LogP contribution in [0.25, 0.3) is 0 Å². The third-order valence-corrected chi connectivity index (χ3v) is 7.46. The Bertz CT molecular complexity index is 653. The first-order chi connectivity index (χ1) is 15.5. The summed E-state index contributed by atoms with van der Waals surface area (Å²) in [6.45, 7) is -1.83. The minimum Gasteiger partial charge on any atom is -0.394 e. The van der Waals surface area contributed by atoms with Gasteiger partial charge in [-0.3, -0.25) is 4.57 Å². The lowest BCUT2D eigenvalue weighted by Gasteiger charge is -2.48. The summed E-state index contributed by atoms with van der Waals surface area (Å²) in [5, 5.41) is 72.7. The second-order valence-electron chi connectivity index (χ2n) is 7.52. The number of alkyl halides is 2. The molecule has 0 aliphatic carbocycles. The molecule has 196 valence electrons. The van der Waals surface area contributed by atoms with Gasteiger partial charge in [0.05, 0.1) is 13.2 Å². The van der Waals surface area contributed by atoms with Gasteiger partial charge in [-0.25, -0.2) is 5.09 Å². The second-order valence-corrected chi connectivity index (χ2v) is 10.2. The highest BCUT2D eigenvalue weighted by molar-refractivity contribution is 7.53. The average Bonchev–Trinajstić information content (AvgIpc) is 2.79. The predicted molar refractivity (Wildman–Crippen MR) is 112 cm³/mol. The van der Waals surface area contributed by atoms with Crippen molar-refractivity contribution in [3.05, 3.63) is 0 Å². The van der Waals surface area contributed by atoms with Crippen molar-refractivity contribution >= 4 is 30.9 Å². The zero-order valence-corrected chi connectivity index (χ0v) is 19.8. The standard InChI is InChI=1S/C16H31Cl2N2O12P/c17-1-3-19-33(28,29)20(4-2-18)15-12(26)11(25)14(8(6-22)30-15)32-16-13(27)10(24)9(23)7(5-21)31-16/h7-16,21-27H,1-6H2,(H2,19,28,29)/t7-,8-,9+,10+,11-,12-,13-,14-,15-,16+/m1/s1. The van der Waals surface area contributed by atoms with Crippen LogP contribution in [0.5, 0.6) is 0 Å². The molecule has 2 aliphatic rings. The van der Waals surface area contributed by atoms with Crippen molar-refractivity contribution in [1.29, 1.82) is 0 Å². The maximum atomic E-state index is 12.7. The molecule has 2 fully saturated rings. The van der Waals surface area contributed by atoms with E-state index in [1.165, 1.54) is 0 Å². The Morgan fingerprint density at radius 3 is 2.06 bits per heavy atom. The fourth-order valence-corrected chi connectivity index (χ4v) is 5.58. The molecule has 0 aromatic heterocycles. The molecule has 0 bridgehead atoms. The van der Waals surface area contributed by atoms with Gasteiger partial charge in [0.2, 0.25) is 0 Å². The first-order valence-electron chi connectivity index (χ1n) is 10.1. The normalized spacial score (nSPS) is 41.8. The van der Waals surface area contributed by atoms with Crippen LogP contribution in [-0.2, 0) is 18.8 Å². The van der Waals surface area contributed by atoms with Crippen molar-refractivity contribution < 1.29 is 59.4 Å². The number of nitrogens with one attached hydrogen (secondary N) is 1. The zero-order valence-electron chi connectivity index (χ0n) is 17.4. The smallest absolute Gasteiger partial charge is 0.343 e. The first kappa shape index (κ1) is 29.5. The van der Waals surface area contributed by atoms with Crippen LogP contribution in [0.1, 0.15) is 0 Å². The van der Waals surface area contributed by atoms with Crippen molar-refractivity contribution in [2.24, 2.45) is 0 Å². The van der Waals surface area contributed by atoms with Crippen molar-refractivity contribution in [3.63, 3.8) is 0 Å². The SMILES string of the molecule is O=P(O)(NCCCl)N(CCCl)[C@@H]1O[C@H](CO)[C@@H](O[C@@H]2O[C@H](CO)[C@H](O)[C@H](O)[C@H]2O)[C@H](O)[C@H]1O. The van der Waals surface area contributed by atoms with Crippen LogP contribution in [0.2, 0.25) is 0 Å². The van der Waals surface area contributed by atoms with Gasteiger partial charge in [-0.2, -0.15) is 4.67 Å². The van der Waals surface area contributed by atoms with Gasteiger partial charge in [0, 0.05) is 24.8 Å². The zero-order chi connectivity index (χ0) is 24.9. The van der Waals surface area contributed by atoms with Crippen LogP contribution in [0.15, 0.2) is 0 Å². The maximum Gasteiger partial charge on any atom is 0.343 e. The highest BCUT2D eigenvalue weighted by Gasteiger charge is 2.53. The van der Waals surface area contributed by atoms with Crippen LogP contribution in [0, 0.1) is 0 Å². The summed E-state index contributed by atoms with van der Waals surface area (Å²) in [6.07, 6.45) is -16.4. The molecule has 9 N–H and O–H groups in total. The van der Waals surface area contributed by atoms with Gasteiger partial charge in [0.25, 0.3) is 0 Å². The lowest BCUT2D eigenvalue weighted by atomic mass is 9.96. The fourth-order valence-electron chi connectivity index (χ4n) is 3.60. The summed E-state index contributed by atoms with van der Waals surface area (Å²) >= 11 is 11.3. The Labute approximate surface area is 199 Å². The molecule has 11 atom stereocenters. The molecule has 0 spiro atoms. The number of aliphatic hydroxyl groups is 7. The minimum absolute atomic E-state index is 0.00421. The van der Waals surface area contributed by atoms with Crippen molar-refractivity contribution in [1.82, 2.24) is 9.76 Å². The van der Waals surface area contributed by atoms with E-state index in [-0.39, 0.29) is 24.8 Å². The Morgan fingerprint density at radius 2 is 1.52 bits per heavy atom. The van der Waals surface area contributed by atoms with E-state index in [1.54, 1.807) is 0 Å². The summed E-state index contributed by atoms with van der Waals surface area (Å²) in [4.78, 5) is 10.4. The average molecular weight is 545 g/mol. The minimum atomic E-state index is -4.35. The summed E-state index contributed by atoms with van der Waals surface area (Å²) in [5.74, 6) is -0.144. The molecular weight excluding hydrogens is 514 g/mol. The van der Waals surface area contributed by atoms with Crippen LogP contribution >= 0.6 is 30.9 Å². The van der Waals surface area contributed by atoms with Gasteiger partial charge in [-0.15, -0.1) is 23.2 Å². The van der Waals surface area contributed by atoms with Crippen molar-refractivity contribution in [2.45, 2.75) is 61.3 Å². The van der Waals surface area contributed by atoms with Crippen LogP contribution in [0.4, 0.5) is 0 Å². The van der Waals surface area contributed by atoms with E-state index in [0.29, 0.717) is 0 Å². The largest absolute Gasteiger partial charge is 0.394 e. The molecule has 17 heteroatoms. The molecule has 1 unspecified atom stereocenters. The van der Waals surface area contributed by atoms with E-state index in [0.717, 1.165) is 4.67 Å². The lowest BCUT2D eigenvalue weighted by Crippen LogP contribution is -2.66. The van der Waals surface area contributed by atoms with Crippen LogP contribution in [-0.4, -0.2) is 145 Å². The lowest BCUT2D eigenvalue weighted by molar-refractivity contribution is -0.346. The molecule has 0 aromatic rings. The van der Waals surface area contributed by atoms with E-state index >= 15 is 0 Å². The van der Waals surface area contributed by atoms with Gasteiger partial charge in [-0.05, 0) is 0 Å². The fraction of sp³-hybridized carbons (Fsp3) is 1.00. The molecule has 2 saturated heterocycles. The van der Waals surface area contributed by atoms with Gasteiger partial charge >= 0.3 is 7.67 Å². The van der Waals surface area contributed by atoms with Crippen molar-refractivity contribution in [3.8, 4) is 0 Å². The summed E-state index contributed by atoms with van der Waals surface area (Å²) in [7, 11) is -4.35. The Morgan fingerprint density at radius 1 is 0.879 bits per heavy atom. The van der Waals surface area contributed by atoms with E-state index in [2.05, 4.69) is 5.09 Å². The third kappa shape index (κ3) is 6.74. The maximum absolute atomic E-state index is 12.7. The van der Waals surface area contributed by atoms with E-state index in [9.17, 15) is 45.2 Å². The van der Waals surface area contributed by atoms with E-state index in [1.807, 2.05) is 0 Å². The summed E-state index contributed by atoms with van der Waals surface area (Å²) < 4.78 is 29.8. The molecule has 0 aromatic carbocycles. The Balaban J connectivity index is 2.23. The van der Waals surface area contributed by atoms with Crippen LogP contribution in [0.3, 0.4) is 0 Å². The number of nitrogens with zero attached hydrogens (tertiary/aromatic N) is 1. The summed E-state index contributed by atoms with van der Waals surface area (Å²) in [6, 6.07) is 0. The highest BCUT2D eigenvalue weighted by atomic mass is 35.5. The van der Waals surface area contributed by atoms with E-state index < -0.39 is 82.2 Å². The Hall–Kier alpha value is 0.290. The molecular formula is C16H31Cl2N2O12P. The molecule has 2 aliphatic heterocycles. The number of aliphatic hydroxyl groups excluding tert-OH is 7. The number of halogens is 2. The van der Waals surface area contributed by atoms with E-state index in [4.69, 9.17) is 37.4 Å². The summed E-state index contributed by atoms with van der Waals surface area (Å²) in [5.41, 5.74) is 0. The van der Waals surface area contributed by atoms with Crippen molar-refractivity contribution in [2.75, 3.05) is 38.1 Å². The molecule has 0 amide bonds. The van der Waals surface area contributed by atoms with Gasteiger partial charge in [0.1, 0.15) is 55.1 Å². The topological polar surface area (TPSA) is 222 Å². The molecule has 0 radical (unpaired) electrons. The second kappa shape index (κ2) is 13.0. The molecule has 2 heterocycles. The predicted octanol–water partition coefficient (Wildman–Crippen LogP) is -3.92. The molecule has 2 rings (SSSR count). The number of ether oxygens (including phenoxy) is 3. The van der Waals surface area contributed by atoms with Gasteiger partial charge in [-0.1, -0.05) is 0 Å². The molecule has 0 saturated carbocycles. The molecule has 33 heavy (non-hydrogen) atoms. The first-order valence-corrected chi connectivity index (χ1v) is 12.8. The van der Waals surface area contributed by atoms with Gasteiger partial charge in [0.15, 0.2) is 6.29 Å². The monoisotopic (exact) mass is 544 g/mol. The van der Waals surface area contributed by atoms with Crippen LogP contribution < -0.4 is 5.09 Å². The number of hydrogen-bond acceptors (Lipinski definition) is 11. The Kier molecular flexibility index (Phi) is 11.6.